The molecule has 0 spiro atoms. The maximum Gasteiger partial charge on any atom is 0.00456 e. The zero-order valence-corrected chi connectivity index (χ0v) is 10.6. The molecule has 0 atom stereocenters. The fourth-order valence-electron chi connectivity index (χ4n) is 1.89. The summed E-state index contributed by atoms with van der Waals surface area (Å²) in [6, 6.07) is 9.20. The molecule has 15 heavy (non-hydrogen) atoms. The smallest absolute Gasteiger partial charge is 0.00456 e. The van der Waals surface area contributed by atoms with Crippen molar-refractivity contribution < 1.29 is 0 Å². The van der Waals surface area contributed by atoms with Gasteiger partial charge in [0, 0.05) is 18.0 Å². The predicted octanol–water partition coefficient (Wildman–Crippen LogP) is 3.27. The average molecular weight is 205 g/mol. The highest BCUT2D eigenvalue weighted by Gasteiger charge is 2.21. The number of hydrogen-bond acceptors (Lipinski definition) is 1. The van der Waals surface area contributed by atoms with Crippen LogP contribution in [-0.4, -0.2) is 12.6 Å². The van der Waals surface area contributed by atoms with Crippen molar-refractivity contribution in [2.75, 3.05) is 6.54 Å². The largest absolute Gasteiger partial charge is 0.314 e. The van der Waals surface area contributed by atoms with Gasteiger partial charge in [-0.2, -0.15) is 0 Å². The molecule has 0 radical (unpaired) electrons. The molecular weight excluding hydrogens is 182 g/mol. The van der Waals surface area contributed by atoms with E-state index in [1.165, 1.54) is 11.1 Å². The van der Waals surface area contributed by atoms with Crippen LogP contribution in [0.25, 0.3) is 0 Å². The van der Waals surface area contributed by atoms with Crippen LogP contribution in [0.5, 0.6) is 0 Å². The molecule has 0 heterocycles. The molecule has 0 aliphatic rings. The Kier molecular flexibility index (Phi) is 3.92. The summed E-state index contributed by atoms with van der Waals surface area (Å²) in [6.07, 6.45) is 0. The summed E-state index contributed by atoms with van der Waals surface area (Å²) in [6.45, 7) is 12.2. The first kappa shape index (κ1) is 12.3. The fraction of sp³-hybridized carbons (Fsp3) is 0.571. The lowest BCUT2D eigenvalue weighted by molar-refractivity contribution is 0.440. The van der Waals surface area contributed by atoms with Gasteiger partial charge in [-0.05, 0) is 18.1 Å². The molecular formula is C14H23N. The quantitative estimate of drug-likeness (QED) is 0.795. The molecule has 1 aromatic carbocycles. The number of nitrogens with one attached hydrogen (secondary N) is 1. The normalized spacial score (nSPS) is 12.1. The lowest BCUT2D eigenvalue weighted by atomic mass is 9.82. The highest BCUT2D eigenvalue weighted by molar-refractivity contribution is 5.32. The van der Waals surface area contributed by atoms with Crippen LogP contribution < -0.4 is 5.32 Å². The molecule has 0 amide bonds. The van der Waals surface area contributed by atoms with E-state index in [9.17, 15) is 0 Å². The predicted molar refractivity (Wildman–Crippen MR) is 67.3 cm³/mol. The maximum absolute atomic E-state index is 3.51. The summed E-state index contributed by atoms with van der Waals surface area (Å²) in [4.78, 5) is 0. The van der Waals surface area contributed by atoms with Gasteiger partial charge in [-0.15, -0.1) is 0 Å². The van der Waals surface area contributed by atoms with Gasteiger partial charge in [-0.3, -0.25) is 0 Å². The SMILES string of the molecule is Cc1ccccc1C(C)(C)CNC(C)C. The molecule has 0 unspecified atom stereocenters. The van der Waals surface area contributed by atoms with E-state index in [-0.39, 0.29) is 5.41 Å². The Balaban J connectivity index is 2.81. The lowest BCUT2D eigenvalue weighted by Crippen LogP contribution is -2.37. The molecule has 0 bridgehead atoms. The third-order valence-corrected chi connectivity index (χ3v) is 2.83. The van der Waals surface area contributed by atoms with Crippen LogP contribution in [0.4, 0.5) is 0 Å². The Bertz CT molecular complexity index is 313. The standard InChI is InChI=1S/C14H23N/c1-11(2)15-10-14(4,5)13-9-7-6-8-12(13)3/h6-9,11,15H,10H2,1-5H3. The Morgan fingerprint density at radius 3 is 2.33 bits per heavy atom. The topological polar surface area (TPSA) is 12.0 Å². The Morgan fingerprint density at radius 2 is 1.80 bits per heavy atom. The van der Waals surface area contributed by atoms with E-state index in [2.05, 4.69) is 64.2 Å². The van der Waals surface area contributed by atoms with Gasteiger partial charge in [0.15, 0.2) is 0 Å². The zero-order chi connectivity index (χ0) is 11.5. The highest BCUT2D eigenvalue weighted by Crippen LogP contribution is 2.25. The molecule has 1 rings (SSSR count). The molecule has 1 heteroatoms. The summed E-state index contributed by atoms with van der Waals surface area (Å²) in [5.74, 6) is 0. The van der Waals surface area contributed by atoms with Gasteiger partial charge in [0.25, 0.3) is 0 Å². The minimum Gasteiger partial charge on any atom is -0.314 e. The third-order valence-electron chi connectivity index (χ3n) is 2.83. The Labute approximate surface area is 93.9 Å². The van der Waals surface area contributed by atoms with Gasteiger partial charge >= 0.3 is 0 Å². The van der Waals surface area contributed by atoms with Gasteiger partial charge in [0.05, 0.1) is 0 Å². The van der Waals surface area contributed by atoms with E-state index in [1.54, 1.807) is 0 Å². The molecule has 1 N–H and O–H groups in total. The molecule has 1 nitrogen and oxygen atoms in total. The molecule has 0 aliphatic heterocycles. The van der Waals surface area contributed by atoms with Crippen molar-refractivity contribution in [3.63, 3.8) is 0 Å². The van der Waals surface area contributed by atoms with Crippen LogP contribution in [0.3, 0.4) is 0 Å². The molecule has 0 aromatic heterocycles. The average Bonchev–Trinajstić information content (AvgIpc) is 2.15. The van der Waals surface area contributed by atoms with Crippen LogP contribution in [0.1, 0.15) is 38.8 Å². The van der Waals surface area contributed by atoms with Crippen molar-refractivity contribution in [1.29, 1.82) is 0 Å². The maximum atomic E-state index is 3.51. The summed E-state index contributed by atoms with van der Waals surface area (Å²) in [5.41, 5.74) is 3.03. The van der Waals surface area contributed by atoms with Crippen LogP contribution in [-0.2, 0) is 5.41 Å². The Hall–Kier alpha value is -0.820. The first-order valence-corrected chi connectivity index (χ1v) is 5.73. The second kappa shape index (κ2) is 4.80. The van der Waals surface area contributed by atoms with Gasteiger partial charge in [-0.1, -0.05) is 52.0 Å². The number of aryl methyl sites for hydroxylation is 1. The van der Waals surface area contributed by atoms with E-state index in [0.29, 0.717) is 6.04 Å². The van der Waals surface area contributed by atoms with E-state index in [0.717, 1.165) is 6.54 Å². The summed E-state index contributed by atoms with van der Waals surface area (Å²) >= 11 is 0. The van der Waals surface area contributed by atoms with E-state index in [4.69, 9.17) is 0 Å². The summed E-state index contributed by atoms with van der Waals surface area (Å²) in [5, 5.41) is 3.51. The van der Waals surface area contributed by atoms with Crippen molar-refractivity contribution >= 4 is 0 Å². The van der Waals surface area contributed by atoms with Crippen LogP contribution >= 0.6 is 0 Å². The number of rotatable bonds is 4. The van der Waals surface area contributed by atoms with Crippen molar-refractivity contribution in [3.05, 3.63) is 35.4 Å². The first-order chi connectivity index (χ1) is 6.93. The number of hydrogen-bond donors (Lipinski definition) is 1. The molecule has 0 saturated carbocycles. The fourth-order valence-corrected chi connectivity index (χ4v) is 1.89. The molecule has 0 aliphatic carbocycles. The van der Waals surface area contributed by atoms with Crippen molar-refractivity contribution in [1.82, 2.24) is 5.32 Å². The molecule has 84 valence electrons. The zero-order valence-electron chi connectivity index (χ0n) is 10.6. The first-order valence-electron chi connectivity index (χ1n) is 5.73. The summed E-state index contributed by atoms with van der Waals surface area (Å²) < 4.78 is 0. The minimum atomic E-state index is 0.204. The number of benzene rings is 1. The van der Waals surface area contributed by atoms with Crippen LogP contribution in [0, 0.1) is 6.92 Å². The van der Waals surface area contributed by atoms with Crippen molar-refractivity contribution in [2.24, 2.45) is 0 Å². The van der Waals surface area contributed by atoms with E-state index >= 15 is 0 Å². The summed E-state index contributed by atoms with van der Waals surface area (Å²) in [7, 11) is 0. The second-order valence-corrected chi connectivity index (χ2v) is 5.23. The highest BCUT2D eigenvalue weighted by atomic mass is 14.9. The van der Waals surface area contributed by atoms with Gasteiger partial charge < -0.3 is 5.32 Å². The molecule has 1 aromatic rings. The third kappa shape index (κ3) is 3.35. The second-order valence-electron chi connectivity index (χ2n) is 5.23. The van der Waals surface area contributed by atoms with Crippen molar-refractivity contribution in [2.45, 2.75) is 46.1 Å². The van der Waals surface area contributed by atoms with Crippen LogP contribution in [0.15, 0.2) is 24.3 Å². The van der Waals surface area contributed by atoms with Gasteiger partial charge in [0.2, 0.25) is 0 Å². The Morgan fingerprint density at radius 1 is 1.20 bits per heavy atom. The molecule has 0 fully saturated rings. The van der Waals surface area contributed by atoms with Crippen LogP contribution in [0.2, 0.25) is 0 Å². The van der Waals surface area contributed by atoms with Crippen molar-refractivity contribution in [3.8, 4) is 0 Å². The molecule has 0 saturated heterocycles. The van der Waals surface area contributed by atoms with Gasteiger partial charge in [0.1, 0.15) is 0 Å². The van der Waals surface area contributed by atoms with E-state index in [1.807, 2.05) is 0 Å². The minimum absolute atomic E-state index is 0.204. The lowest BCUT2D eigenvalue weighted by Gasteiger charge is -2.28. The monoisotopic (exact) mass is 205 g/mol. The van der Waals surface area contributed by atoms with Gasteiger partial charge in [-0.25, -0.2) is 0 Å². The van der Waals surface area contributed by atoms with E-state index < -0.39 is 0 Å².